The molecule has 0 saturated carbocycles. The summed E-state index contributed by atoms with van der Waals surface area (Å²) in [6.45, 7) is 1.16. The van der Waals surface area contributed by atoms with Gasteiger partial charge in [0.1, 0.15) is 5.54 Å². The van der Waals surface area contributed by atoms with E-state index in [9.17, 15) is 14.4 Å². The molecule has 106 valence electrons. The summed E-state index contributed by atoms with van der Waals surface area (Å²) >= 11 is 0. The number of H-pyrrole nitrogens is 1. The van der Waals surface area contributed by atoms with Crippen LogP contribution in [0.3, 0.4) is 0 Å². The number of urea groups is 1. The maximum absolute atomic E-state index is 12.5. The van der Waals surface area contributed by atoms with Crippen LogP contribution in [0.2, 0.25) is 0 Å². The van der Waals surface area contributed by atoms with Gasteiger partial charge in [0.2, 0.25) is 0 Å². The molecular formula is C13H16N4O3. The fraction of sp³-hybridized carbons (Fsp3) is 0.462. The fourth-order valence-electron chi connectivity index (χ4n) is 2.74. The van der Waals surface area contributed by atoms with Gasteiger partial charge in [-0.1, -0.05) is 0 Å². The number of nitrogens with zero attached hydrogens (tertiary/aromatic N) is 1. The number of rotatable bonds is 3. The van der Waals surface area contributed by atoms with Gasteiger partial charge in [0.15, 0.2) is 5.78 Å². The van der Waals surface area contributed by atoms with Crippen LogP contribution < -0.4 is 10.6 Å². The first-order valence-electron chi connectivity index (χ1n) is 6.63. The van der Waals surface area contributed by atoms with Crippen LogP contribution >= 0.6 is 0 Å². The quantitative estimate of drug-likeness (QED) is 0.529. The Morgan fingerprint density at radius 1 is 1.30 bits per heavy atom. The highest BCUT2D eigenvalue weighted by Gasteiger charge is 2.51. The molecule has 1 aromatic heterocycles. The van der Waals surface area contributed by atoms with Gasteiger partial charge in [0.25, 0.3) is 5.91 Å². The summed E-state index contributed by atoms with van der Waals surface area (Å²) in [6.07, 6.45) is 4.31. The molecule has 0 bridgehead atoms. The number of carbonyl (C=O) groups is 3. The zero-order chi connectivity index (χ0) is 14.2. The first-order valence-corrected chi connectivity index (χ1v) is 6.63. The fourth-order valence-corrected chi connectivity index (χ4v) is 2.74. The third-order valence-corrected chi connectivity index (χ3v) is 3.92. The maximum atomic E-state index is 12.5. The summed E-state index contributed by atoms with van der Waals surface area (Å²) in [4.78, 5) is 40.3. The van der Waals surface area contributed by atoms with Crippen molar-refractivity contribution in [2.75, 3.05) is 19.6 Å². The van der Waals surface area contributed by atoms with E-state index >= 15 is 0 Å². The molecule has 7 nitrogen and oxygen atoms in total. The van der Waals surface area contributed by atoms with Gasteiger partial charge in [-0.2, -0.15) is 0 Å². The lowest BCUT2D eigenvalue weighted by Crippen LogP contribution is -2.54. The van der Waals surface area contributed by atoms with E-state index in [4.69, 9.17) is 0 Å². The van der Waals surface area contributed by atoms with Crippen molar-refractivity contribution in [2.24, 2.45) is 0 Å². The molecule has 0 atom stereocenters. The summed E-state index contributed by atoms with van der Waals surface area (Å²) < 4.78 is 0. The van der Waals surface area contributed by atoms with Gasteiger partial charge in [0.05, 0.1) is 6.54 Å². The highest BCUT2D eigenvalue weighted by atomic mass is 16.2. The minimum Gasteiger partial charge on any atom is -0.367 e. The zero-order valence-corrected chi connectivity index (χ0v) is 10.9. The maximum Gasteiger partial charge on any atom is 0.325 e. The molecule has 1 spiro atoms. The summed E-state index contributed by atoms with van der Waals surface area (Å²) in [5.41, 5.74) is -0.349. The van der Waals surface area contributed by atoms with Gasteiger partial charge < -0.3 is 15.6 Å². The Balaban J connectivity index is 1.75. The number of carbonyl (C=O) groups excluding carboxylic acids is 3. The topological polar surface area (TPSA) is 94.3 Å². The molecule has 1 aromatic rings. The molecule has 0 unspecified atom stereocenters. The van der Waals surface area contributed by atoms with Crippen LogP contribution in [0.5, 0.6) is 0 Å². The van der Waals surface area contributed by atoms with Gasteiger partial charge in [-0.15, -0.1) is 0 Å². The Kier molecular flexibility index (Phi) is 3.06. The number of Topliss-reactive ketones (excluding diaryl/α,β-unsaturated/α-hetero) is 1. The van der Waals surface area contributed by atoms with E-state index in [1.54, 1.807) is 18.5 Å². The van der Waals surface area contributed by atoms with E-state index in [1.165, 1.54) is 0 Å². The second-order valence-electron chi connectivity index (χ2n) is 5.18. The van der Waals surface area contributed by atoms with Gasteiger partial charge in [-0.25, -0.2) is 4.79 Å². The largest absolute Gasteiger partial charge is 0.367 e. The van der Waals surface area contributed by atoms with Crippen molar-refractivity contribution in [3.63, 3.8) is 0 Å². The van der Waals surface area contributed by atoms with E-state index in [0.29, 0.717) is 31.5 Å². The smallest absolute Gasteiger partial charge is 0.325 e. The van der Waals surface area contributed by atoms with Crippen LogP contribution in [0, 0.1) is 0 Å². The number of piperidine rings is 1. The van der Waals surface area contributed by atoms with E-state index in [1.807, 2.05) is 0 Å². The van der Waals surface area contributed by atoms with Crippen molar-refractivity contribution < 1.29 is 14.4 Å². The minimum atomic E-state index is -0.819. The van der Waals surface area contributed by atoms with Crippen LogP contribution in [0.15, 0.2) is 18.5 Å². The van der Waals surface area contributed by atoms with E-state index in [2.05, 4.69) is 15.6 Å². The molecule has 7 heteroatoms. The molecular weight excluding hydrogens is 260 g/mol. The van der Waals surface area contributed by atoms with Crippen LogP contribution in [-0.2, 0) is 4.79 Å². The van der Waals surface area contributed by atoms with E-state index in [-0.39, 0.29) is 18.2 Å². The summed E-state index contributed by atoms with van der Waals surface area (Å²) in [5.74, 6) is -0.534. The molecule has 0 aliphatic carbocycles. The van der Waals surface area contributed by atoms with Gasteiger partial charge in [-0.3, -0.25) is 14.5 Å². The van der Waals surface area contributed by atoms with Crippen molar-refractivity contribution in [1.29, 1.82) is 0 Å². The lowest BCUT2D eigenvalue weighted by molar-refractivity contribution is -0.131. The monoisotopic (exact) mass is 276 g/mol. The summed E-state index contributed by atoms with van der Waals surface area (Å²) in [7, 11) is 0. The van der Waals surface area contributed by atoms with Gasteiger partial charge in [-0.05, 0) is 32.0 Å². The van der Waals surface area contributed by atoms with Crippen molar-refractivity contribution in [3.05, 3.63) is 24.0 Å². The van der Waals surface area contributed by atoms with Gasteiger partial charge >= 0.3 is 6.03 Å². The third-order valence-electron chi connectivity index (χ3n) is 3.92. The Bertz CT molecular complexity index is 546. The van der Waals surface area contributed by atoms with Crippen LogP contribution in [0.4, 0.5) is 4.79 Å². The number of amides is 3. The Labute approximate surface area is 115 Å². The molecule has 2 fully saturated rings. The number of imide groups is 1. The predicted molar refractivity (Wildman–Crippen MR) is 70.2 cm³/mol. The first-order chi connectivity index (χ1) is 9.62. The number of ketones is 1. The second-order valence-corrected chi connectivity index (χ2v) is 5.18. The Morgan fingerprint density at radius 3 is 2.70 bits per heavy atom. The molecule has 0 radical (unpaired) electrons. The summed E-state index contributed by atoms with van der Waals surface area (Å²) in [5, 5.41) is 5.91. The lowest BCUT2D eigenvalue weighted by atomic mass is 9.88. The Hall–Kier alpha value is -2.15. The van der Waals surface area contributed by atoms with E-state index < -0.39 is 11.6 Å². The molecule has 3 N–H and O–H groups in total. The van der Waals surface area contributed by atoms with Crippen molar-refractivity contribution in [2.45, 2.75) is 18.4 Å². The number of aromatic nitrogens is 1. The SMILES string of the molecule is O=C(CN1C(=O)NC2(CCNCC2)C1=O)c1cc[nH]c1. The molecule has 2 saturated heterocycles. The molecule has 3 amide bonds. The number of aromatic amines is 1. The standard InChI is InChI=1S/C13H16N4O3/c18-10(9-1-4-15-7-9)8-17-11(19)13(16-12(17)20)2-5-14-6-3-13/h1,4,7,14-15H,2-3,5-6,8H2,(H,16,20). The lowest BCUT2D eigenvalue weighted by Gasteiger charge is -2.30. The molecule has 3 heterocycles. The summed E-state index contributed by atoms with van der Waals surface area (Å²) in [6, 6.07) is 1.15. The Morgan fingerprint density at radius 2 is 2.05 bits per heavy atom. The van der Waals surface area contributed by atoms with Crippen LogP contribution in [0.1, 0.15) is 23.2 Å². The number of hydrogen-bond acceptors (Lipinski definition) is 4. The average Bonchev–Trinajstić information content (AvgIpc) is 3.04. The normalized spacial score (nSPS) is 21.3. The number of hydrogen-bond donors (Lipinski definition) is 3. The first kappa shape index (κ1) is 12.9. The zero-order valence-electron chi connectivity index (χ0n) is 10.9. The van der Waals surface area contributed by atoms with Crippen molar-refractivity contribution >= 4 is 17.7 Å². The molecule has 0 aromatic carbocycles. The van der Waals surface area contributed by atoms with Crippen LogP contribution in [-0.4, -0.2) is 52.8 Å². The minimum absolute atomic E-state index is 0.211. The predicted octanol–water partition coefficient (Wildman–Crippen LogP) is -0.129. The van der Waals surface area contributed by atoms with Crippen molar-refractivity contribution in [1.82, 2.24) is 20.5 Å². The molecule has 2 aliphatic rings. The van der Waals surface area contributed by atoms with Crippen molar-refractivity contribution in [3.8, 4) is 0 Å². The highest BCUT2D eigenvalue weighted by Crippen LogP contribution is 2.26. The molecule has 3 rings (SSSR count). The highest BCUT2D eigenvalue weighted by molar-refractivity contribution is 6.11. The van der Waals surface area contributed by atoms with Gasteiger partial charge in [0, 0.05) is 18.0 Å². The van der Waals surface area contributed by atoms with E-state index in [0.717, 1.165) is 4.90 Å². The molecule has 2 aliphatic heterocycles. The van der Waals surface area contributed by atoms with Crippen LogP contribution in [0.25, 0.3) is 0 Å². The number of nitrogens with one attached hydrogen (secondary N) is 3. The second kappa shape index (κ2) is 4.75. The average molecular weight is 276 g/mol. The third kappa shape index (κ3) is 2.00. The molecule has 20 heavy (non-hydrogen) atoms.